The molecule has 3 amide bonds. The highest BCUT2D eigenvalue weighted by Crippen LogP contribution is 2.39. The normalized spacial score (nSPS) is 18.9. The summed E-state index contributed by atoms with van der Waals surface area (Å²) in [5.41, 5.74) is 8.35. The summed E-state index contributed by atoms with van der Waals surface area (Å²) < 4.78 is 38.8. The maximum absolute atomic E-state index is 13.5. The van der Waals surface area contributed by atoms with E-state index in [1.807, 2.05) is 25.1 Å². The van der Waals surface area contributed by atoms with Crippen LogP contribution in [0, 0.1) is 24.7 Å². The molecule has 4 N–H and O–H groups in total. The highest BCUT2D eigenvalue weighted by Gasteiger charge is 2.41. The number of anilines is 1. The lowest BCUT2D eigenvalue weighted by Crippen LogP contribution is -2.48. The number of carbonyl (C=O) groups is 3. The van der Waals surface area contributed by atoms with Gasteiger partial charge in [-0.25, -0.2) is 4.99 Å². The molecule has 0 saturated heterocycles. The van der Waals surface area contributed by atoms with Crippen LogP contribution in [0.15, 0.2) is 47.5 Å². The number of hydrogen-bond acceptors (Lipinski definition) is 4. The Bertz CT molecular complexity index is 1280. The van der Waals surface area contributed by atoms with E-state index in [0.29, 0.717) is 22.5 Å². The fourth-order valence-corrected chi connectivity index (χ4v) is 4.91. The molecule has 7 nitrogen and oxygen atoms in total. The Labute approximate surface area is 223 Å². The number of carbonyl (C=O) groups excluding carboxylic acids is 3. The van der Waals surface area contributed by atoms with E-state index in [2.05, 4.69) is 15.6 Å². The van der Waals surface area contributed by atoms with E-state index < -0.39 is 54.7 Å². The third-order valence-electron chi connectivity index (χ3n) is 6.80. The SMILES string of the molecule is Cc1cccc(C2=N[C@H](NC(=O)[C@@H](CC3CC3)[C@@H](CCC(F)(F)F)C(N)=O)C(=O)Nc3c(Cl)cccc32)c1. The van der Waals surface area contributed by atoms with Crippen molar-refractivity contribution in [2.75, 3.05) is 5.32 Å². The van der Waals surface area contributed by atoms with Crippen LogP contribution in [0.5, 0.6) is 0 Å². The third-order valence-corrected chi connectivity index (χ3v) is 7.12. The van der Waals surface area contributed by atoms with Crippen molar-refractivity contribution in [1.82, 2.24) is 5.32 Å². The van der Waals surface area contributed by atoms with Gasteiger partial charge in [-0.3, -0.25) is 14.4 Å². The van der Waals surface area contributed by atoms with Gasteiger partial charge in [-0.15, -0.1) is 0 Å². The first-order valence-corrected chi connectivity index (χ1v) is 12.7. The van der Waals surface area contributed by atoms with Gasteiger partial charge in [0.25, 0.3) is 5.91 Å². The van der Waals surface area contributed by atoms with Crippen LogP contribution in [0.3, 0.4) is 0 Å². The molecular weight excluding hydrogens is 521 g/mol. The average Bonchev–Trinajstić information content (AvgIpc) is 3.66. The smallest absolute Gasteiger partial charge is 0.369 e. The molecule has 1 fully saturated rings. The third kappa shape index (κ3) is 6.72. The first kappa shape index (κ1) is 27.6. The summed E-state index contributed by atoms with van der Waals surface area (Å²) in [5, 5.41) is 5.56. The number of aliphatic imine (C=N–C) groups is 1. The minimum atomic E-state index is -4.51. The van der Waals surface area contributed by atoms with Crippen LogP contribution in [-0.4, -0.2) is 35.8 Å². The van der Waals surface area contributed by atoms with Gasteiger partial charge in [-0.2, -0.15) is 13.2 Å². The lowest BCUT2D eigenvalue weighted by atomic mass is 9.83. The van der Waals surface area contributed by atoms with Crippen LogP contribution in [0.25, 0.3) is 0 Å². The summed E-state index contributed by atoms with van der Waals surface area (Å²) in [4.78, 5) is 43.4. The zero-order chi connectivity index (χ0) is 27.6. The first-order valence-electron chi connectivity index (χ1n) is 12.3. The fraction of sp³-hybridized carbons (Fsp3) is 0.407. The Balaban J connectivity index is 1.68. The van der Waals surface area contributed by atoms with E-state index in [1.165, 1.54) is 0 Å². The maximum atomic E-state index is 13.5. The van der Waals surface area contributed by atoms with Crippen molar-refractivity contribution >= 4 is 40.7 Å². The van der Waals surface area contributed by atoms with Crippen LogP contribution >= 0.6 is 11.6 Å². The molecule has 2 aromatic carbocycles. The maximum Gasteiger partial charge on any atom is 0.389 e. The van der Waals surface area contributed by atoms with Gasteiger partial charge >= 0.3 is 6.18 Å². The molecule has 0 spiro atoms. The highest BCUT2D eigenvalue weighted by atomic mass is 35.5. The Kier molecular flexibility index (Phi) is 8.10. The summed E-state index contributed by atoms with van der Waals surface area (Å²) in [6, 6.07) is 12.5. The Morgan fingerprint density at radius 2 is 1.89 bits per heavy atom. The molecule has 0 radical (unpaired) electrons. The molecule has 2 aromatic rings. The molecule has 4 rings (SSSR count). The minimum absolute atomic E-state index is 0.107. The molecule has 0 aromatic heterocycles. The van der Waals surface area contributed by atoms with Gasteiger partial charge in [0.15, 0.2) is 0 Å². The van der Waals surface area contributed by atoms with E-state index in [-0.39, 0.29) is 17.4 Å². The number of benzene rings is 2. The quantitative estimate of drug-likeness (QED) is 0.420. The summed E-state index contributed by atoms with van der Waals surface area (Å²) in [7, 11) is 0. The number of nitrogens with zero attached hydrogens (tertiary/aromatic N) is 1. The number of halogens is 4. The molecule has 202 valence electrons. The van der Waals surface area contributed by atoms with Crippen LogP contribution in [0.4, 0.5) is 18.9 Å². The van der Waals surface area contributed by atoms with Gasteiger partial charge in [-0.1, -0.05) is 60.3 Å². The second-order valence-electron chi connectivity index (χ2n) is 9.86. The number of nitrogens with one attached hydrogen (secondary N) is 2. The summed E-state index contributed by atoms with van der Waals surface area (Å²) in [6.45, 7) is 1.90. The Morgan fingerprint density at radius 3 is 2.53 bits per heavy atom. The number of hydrogen-bond donors (Lipinski definition) is 3. The topological polar surface area (TPSA) is 114 Å². The van der Waals surface area contributed by atoms with Crippen molar-refractivity contribution in [3.8, 4) is 0 Å². The molecule has 0 bridgehead atoms. The second-order valence-corrected chi connectivity index (χ2v) is 10.3. The zero-order valence-electron chi connectivity index (χ0n) is 20.6. The summed E-state index contributed by atoms with van der Waals surface area (Å²) in [5.74, 6) is -4.75. The van der Waals surface area contributed by atoms with Gasteiger partial charge in [0.05, 0.1) is 16.4 Å². The largest absolute Gasteiger partial charge is 0.389 e. The predicted octanol–water partition coefficient (Wildman–Crippen LogP) is 4.74. The van der Waals surface area contributed by atoms with E-state index in [9.17, 15) is 27.6 Å². The molecule has 11 heteroatoms. The standard InChI is InChI=1S/C27H28ClF3N4O3/c1-14-4-2-5-16(12-14)21-18-6-3-7-20(28)22(18)34-26(38)24(33-21)35-25(37)19(13-15-8-9-15)17(23(32)36)10-11-27(29,30)31/h2-7,12,15,17,19,24H,8-11,13H2,1H3,(H2,32,36)(H,34,38)(H,35,37)/t17-,19+,24-/m1/s1. The fourth-order valence-electron chi connectivity index (χ4n) is 4.69. The number of rotatable bonds is 9. The average molecular weight is 549 g/mol. The molecule has 38 heavy (non-hydrogen) atoms. The molecule has 1 aliphatic carbocycles. The van der Waals surface area contributed by atoms with Crippen molar-refractivity contribution in [3.05, 3.63) is 64.2 Å². The molecule has 0 unspecified atom stereocenters. The second kappa shape index (κ2) is 11.1. The van der Waals surface area contributed by atoms with E-state index >= 15 is 0 Å². The van der Waals surface area contributed by atoms with Crippen LogP contribution in [0.1, 0.15) is 48.8 Å². The number of amides is 3. The lowest BCUT2D eigenvalue weighted by molar-refractivity contribution is -0.146. The number of alkyl halides is 3. The highest BCUT2D eigenvalue weighted by molar-refractivity contribution is 6.36. The molecule has 1 heterocycles. The summed E-state index contributed by atoms with van der Waals surface area (Å²) >= 11 is 6.38. The van der Waals surface area contributed by atoms with Crippen molar-refractivity contribution < 1.29 is 27.6 Å². The van der Waals surface area contributed by atoms with Crippen molar-refractivity contribution in [2.45, 2.75) is 51.4 Å². The Hall–Kier alpha value is -3.40. The van der Waals surface area contributed by atoms with Crippen molar-refractivity contribution in [3.63, 3.8) is 0 Å². The Morgan fingerprint density at radius 1 is 1.18 bits per heavy atom. The predicted molar refractivity (Wildman–Crippen MR) is 138 cm³/mol. The monoisotopic (exact) mass is 548 g/mol. The van der Waals surface area contributed by atoms with E-state index in [0.717, 1.165) is 18.4 Å². The van der Waals surface area contributed by atoms with E-state index in [1.54, 1.807) is 24.3 Å². The molecular formula is C27H28ClF3N4O3. The van der Waals surface area contributed by atoms with Crippen molar-refractivity contribution in [2.24, 2.45) is 28.5 Å². The van der Waals surface area contributed by atoms with Crippen LogP contribution < -0.4 is 16.4 Å². The van der Waals surface area contributed by atoms with Gasteiger partial charge in [-0.05, 0) is 37.8 Å². The zero-order valence-corrected chi connectivity index (χ0v) is 21.4. The minimum Gasteiger partial charge on any atom is -0.369 e. The number of primary amides is 1. The first-order chi connectivity index (χ1) is 17.9. The molecule has 3 atom stereocenters. The number of para-hydroxylation sites is 1. The number of benzodiazepines with no additional fused rings is 1. The molecule has 2 aliphatic rings. The van der Waals surface area contributed by atoms with Gasteiger partial charge in [0.1, 0.15) is 0 Å². The summed E-state index contributed by atoms with van der Waals surface area (Å²) in [6.07, 6.45) is -5.97. The van der Waals surface area contributed by atoms with Gasteiger partial charge in [0, 0.05) is 29.4 Å². The number of aryl methyl sites for hydroxylation is 1. The number of fused-ring (bicyclic) bond motifs is 1. The van der Waals surface area contributed by atoms with Gasteiger partial charge < -0.3 is 16.4 Å². The van der Waals surface area contributed by atoms with Crippen LogP contribution in [0.2, 0.25) is 5.02 Å². The van der Waals surface area contributed by atoms with E-state index in [4.69, 9.17) is 17.3 Å². The molecule has 1 saturated carbocycles. The number of nitrogens with two attached hydrogens (primary N) is 1. The van der Waals surface area contributed by atoms with Gasteiger partial charge in [0.2, 0.25) is 18.0 Å². The van der Waals surface area contributed by atoms with Crippen LogP contribution in [-0.2, 0) is 14.4 Å². The van der Waals surface area contributed by atoms with Crippen molar-refractivity contribution in [1.29, 1.82) is 0 Å². The molecule has 1 aliphatic heterocycles. The lowest BCUT2D eigenvalue weighted by Gasteiger charge is -2.26.